The first-order valence-electron chi connectivity index (χ1n) is 5.93. The molecular formula is C12H22N2O. The number of hydrogen-bond donors (Lipinski definition) is 1. The molecule has 0 bridgehead atoms. The first-order chi connectivity index (χ1) is 6.94. The van der Waals surface area contributed by atoms with E-state index in [1.54, 1.807) is 0 Å². The third-order valence-electron chi connectivity index (χ3n) is 3.08. The number of nitrogens with zero attached hydrogens (tertiary/aromatic N) is 1. The highest BCUT2D eigenvalue weighted by atomic mass is 16.5. The van der Waals surface area contributed by atoms with E-state index < -0.39 is 0 Å². The van der Waals surface area contributed by atoms with E-state index in [2.05, 4.69) is 25.8 Å². The molecule has 2 rings (SSSR count). The zero-order chi connectivity index (χ0) is 11.1. The van der Waals surface area contributed by atoms with Crippen molar-refractivity contribution in [1.29, 1.82) is 0 Å². The molecule has 0 aromatic carbocycles. The first kappa shape index (κ1) is 10.9. The predicted molar refractivity (Wildman–Crippen MR) is 62.0 cm³/mol. The molecule has 15 heavy (non-hydrogen) atoms. The topological polar surface area (TPSA) is 47.6 Å². The normalized spacial score (nSPS) is 35.7. The molecule has 1 fully saturated rings. The minimum atomic E-state index is 0.258. The Morgan fingerprint density at radius 2 is 2.13 bits per heavy atom. The smallest absolute Gasteiger partial charge is 0.184 e. The van der Waals surface area contributed by atoms with Crippen LogP contribution in [0.15, 0.2) is 4.99 Å². The molecular weight excluding hydrogens is 188 g/mol. The van der Waals surface area contributed by atoms with Crippen LogP contribution in [0.1, 0.15) is 46.5 Å². The van der Waals surface area contributed by atoms with Gasteiger partial charge in [-0.25, -0.2) is 4.99 Å². The van der Waals surface area contributed by atoms with Crippen molar-refractivity contribution in [3.63, 3.8) is 0 Å². The summed E-state index contributed by atoms with van der Waals surface area (Å²) in [5, 5.41) is 0. The molecule has 0 radical (unpaired) electrons. The Kier molecular flexibility index (Phi) is 2.75. The van der Waals surface area contributed by atoms with Gasteiger partial charge in [0.05, 0.1) is 6.04 Å². The zero-order valence-corrected chi connectivity index (χ0v) is 9.99. The lowest BCUT2D eigenvalue weighted by Gasteiger charge is -2.27. The Balaban J connectivity index is 1.96. The van der Waals surface area contributed by atoms with Gasteiger partial charge in [0.2, 0.25) is 0 Å². The Morgan fingerprint density at radius 1 is 1.40 bits per heavy atom. The molecule has 0 aromatic rings. The minimum absolute atomic E-state index is 0.258. The van der Waals surface area contributed by atoms with Crippen molar-refractivity contribution in [2.24, 2.45) is 16.1 Å². The summed E-state index contributed by atoms with van der Waals surface area (Å²) in [6.45, 7) is 6.64. The number of nitrogens with two attached hydrogens (primary N) is 1. The van der Waals surface area contributed by atoms with Crippen LogP contribution in [0.25, 0.3) is 0 Å². The third kappa shape index (κ3) is 2.71. The van der Waals surface area contributed by atoms with E-state index >= 15 is 0 Å². The SMILES string of the molecule is CC(C)(C)CC1=NC2CCC(N)CC2O1. The molecule has 1 heterocycles. The lowest BCUT2D eigenvalue weighted by molar-refractivity contribution is 0.135. The molecule has 1 aliphatic carbocycles. The van der Waals surface area contributed by atoms with Crippen LogP contribution in [0.4, 0.5) is 0 Å². The Morgan fingerprint density at radius 3 is 2.80 bits per heavy atom. The van der Waals surface area contributed by atoms with Crippen LogP contribution in [0.5, 0.6) is 0 Å². The second-order valence-electron chi connectivity index (χ2n) is 6.06. The fraction of sp³-hybridized carbons (Fsp3) is 0.917. The van der Waals surface area contributed by atoms with E-state index in [-0.39, 0.29) is 11.5 Å². The van der Waals surface area contributed by atoms with Gasteiger partial charge >= 0.3 is 0 Å². The average molecular weight is 210 g/mol. The van der Waals surface area contributed by atoms with Crippen molar-refractivity contribution in [1.82, 2.24) is 0 Å². The van der Waals surface area contributed by atoms with E-state index in [0.717, 1.165) is 31.6 Å². The summed E-state index contributed by atoms with van der Waals surface area (Å²) in [4.78, 5) is 4.67. The van der Waals surface area contributed by atoms with Crippen LogP contribution in [-0.2, 0) is 4.74 Å². The van der Waals surface area contributed by atoms with Gasteiger partial charge in [-0.05, 0) is 18.3 Å². The van der Waals surface area contributed by atoms with Crippen molar-refractivity contribution in [2.75, 3.05) is 0 Å². The summed E-state index contributed by atoms with van der Waals surface area (Å²) in [6, 6.07) is 0.706. The lowest BCUT2D eigenvalue weighted by Crippen LogP contribution is -2.38. The maximum atomic E-state index is 5.93. The predicted octanol–water partition coefficient (Wildman–Crippen LogP) is 2.10. The summed E-state index contributed by atoms with van der Waals surface area (Å²) < 4.78 is 5.88. The van der Waals surface area contributed by atoms with Gasteiger partial charge in [-0.1, -0.05) is 20.8 Å². The molecule has 2 aliphatic rings. The maximum absolute atomic E-state index is 5.93. The lowest BCUT2D eigenvalue weighted by atomic mass is 9.90. The Bertz CT molecular complexity index is 267. The van der Waals surface area contributed by atoms with Gasteiger partial charge < -0.3 is 10.5 Å². The van der Waals surface area contributed by atoms with Gasteiger partial charge in [-0.15, -0.1) is 0 Å². The summed E-state index contributed by atoms with van der Waals surface area (Å²) >= 11 is 0. The molecule has 3 atom stereocenters. The maximum Gasteiger partial charge on any atom is 0.184 e. The molecule has 3 unspecified atom stereocenters. The Hall–Kier alpha value is -0.570. The molecule has 86 valence electrons. The number of hydrogen-bond acceptors (Lipinski definition) is 3. The van der Waals surface area contributed by atoms with Crippen molar-refractivity contribution < 1.29 is 4.74 Å². The number of aliphatic imine (C=N–C) groups is 1. The summed E-state index contributed by atoms with van der Waals surface area (Å²) in [5.74, 6) is 0.951. The minimum Gasteiger partial charge on any atom is -0.475 e. The van der Waals surface area contributed by atoms with Crippen LogP contribution in [0.3, 0.4) is 0 Å². The van der Waals surface area contributed by atoms with Crippen LogP contribution >= 0.6 is 0 Å². The van der Waals surface area contributed by atoms with Gasteiger partial charge in [0.15, 0.2) is 5.90 Å². The van der Waals surface area contributed by atoms with E-state index in [0.29, 0.717) is 12.1 Å². The molecule has 0 saturated heterocycles. The first-order valence-corrected chi connectivity index (χ1v) is 5.93. The summed E-state index contributed by atoms with van der Waals surface area (Å²) in [5.41, 5.74) is 6.19. The van der Waals surface area contributed by atoms with Gasteiger partial charge in [0.25, 0.3) is 0 Å². The van der Waals surface area contributed by atoms with Crippen LogP contribution in [0.2, 0.25) is 0 Å². The van der Waals surface area contributed by atoms with Crippen LogP contribution in [0, 0.1) is 5.41 Å². The zero-order valence-electron chi connectivity index (χ0n) is 9.99. The van der Waals surface area contributed by atoms with E-state index in [4.69, 9.17) is 10.5 Å². The number of ether oxygens (including phenoxy) is 1. The van der Waals surface area contributed by atoms with Crippen molar-refractivity contribution in [3.8, 4) is 0 Å². The molecule has 0 amide bonds. The van der Waals surface area contributed by atoms with Crippen molar-refractivity contribution >= 4 is 5.90 Å². The van der Waals surface area contributed by atoms with Gasteiger partial charge in [0.1, 0.15) is 6.10 Å². The van der Waals surface area contributed by atoms with Gasteiger partial charge in [0, 0.05) is 18.9 Å². The van der Waals surface area contributed by atoms with Crippen LogP contribution in [-0.4, -0.2) is 24.1 Å². The fourth-order valence-electron chi connectivity index (χ4n) is 2.35. The summed E-state index contributed by atoms with van der Waals surface area (Å²) in [7, 11) is 0. The number of rotatable bonds is 1. The molecule has 1 aliphatic heterocycles. The van der Waals surface area contributed by atoms with E-state index in [1.807, 2.05) is 0 Å². The molecule has 0 spiro atoms. The van der Waals surface area contributed by atoms with Gasteiger partial charge in [-0.2, -0.15) is 0 Å². The van der Waals surface area contributed by atoms with Crippen molar-refractivity contribution in [3.05, 3.63) is 0 Å². The second kappa shape index (κ2) is 3.78. The quantitative estimate of drug-likeness (QED) is 0.720. The Labute approximate surface area is 92.1 Å². The van der Waals surface area contributed by atoms with Gasteiger partial charge in [-0.3, -0.25) is 0 Å². The highest BCUT2D eigenvalue weighted by molar-refractivity contribution is 5.78. The highest BCUT2D eigenvalue weighted by Crippen LogP contribution is 2.31. The molecule has 1 saturated carbocycles. The monoisotopic (exact) mass is 210 g/mol. The van der Waals surface area contributed by atoms with E-state index in [1.165, 1.54) is 0 Å². The second-order valence-corrected chi connectivity index (χ2v) is 6.06. The molecule has 3 heteroatoms. The summed E-state index contributed by atoms with van der Waals surface area (Å²) in [6.07, 6.45) is 4.37. The molecule has 2 N–H and O–H groups in total. The number of fused-ring (bicyclic) bond motifs is 1. The molecule has 3 nitrogen and oxygen atoms in total. The highest BCUT2D eigenvalue weighted by Gasteiger charge is 2.36. The van der Waals surface area contributed by atoms with Crippen LogP contribution < -0.4 is 5.73 Å². The molecule has 0 aromatic heterocycles. The average Bonchev–Trinajstić information content (AvgIpc) is 2.42. The third-order valence-corrected chi connectivity index (χ3v) is 3.08. The van der Waals surface area contributed by atoms with E-state index in [9.17, 15) is 0 Å². The van der Waals surface area contributed by atoms with Crippen molar-refractivity contribution in [2.45, 2.75) is 64.6 Å². The largest absolute Gasteiger partial charge is 0.475 e. The standard InChI is InChI=1S/C12H22N2O/c1-12(2,3)7-11-14-9-5-4-8(13)6-10(9)15-11/h8-10H,4-7,13H2,1-3H3. The fourth-order valence-corrected chi connectivity index (χ4v) is 2.35.